The van der Waals surface area contributed by atoms with E-state index in [1.165, 1.54) is 16.4 Å². The van der Waals surface area contributed by atoms with Crippen molar-refractivity contribution in [3.8, 4) is 0 Å². The third kappa shape index (κ3) is 4.27. The smallest absolute Gasteiger partial charge is 0.243 e. The maximum Gasteiger partial charge on any atom is 0.243 e. The highest BCUT2D eigenvalue weighted by atomic mass is 32.2. The van der Waals surface area contributed by atoms with Crippen LogP contribution in [0.1, 0.15) is 26.2 Å². The lowest BCUT2D eigenvalue weighted by Crippen LogP contribution is -2.37. The standard InChI is InChI=1S/C17H24N2O5S2/c1-13-6-9-19(10-7-13)26(23,24)16-4-2-15(3-5-16)18-17(20)14-8-11-25(21,22)12-14/h2-5,13-14H,6-12H2,1H3,(H,18,20)/t14-/m0/s1. The van der Waals surface area contributed by atoms with Crippen LogP contribution in [0.5, 0.6) is 0 Å². The van der Waals surface area contributed by atoms with Gasteiger partial charge in [0, 0.05) is 18.8 Å². The molecule has 2 fully saturated rings. The lowest BCUT2D eigenvalue weighted by Gasteiger charge is -2.29. The van der Waals surface area contributed by atoms with E-state index in [2.05, 4.69) is 12.2 Å². The van der Waals surface area contributed by atoms with Gasteiger partial charge in [-0.15, -0.1) is 0 Å². The van der Waals surface area contributed by atoms with Gasteiger partial charge in [0.15, 0.2) is 9.84 Å². The van der Waals surface area contributed by atoms with Gasteiger partial charge in [-0.3, -0.25) is 4.79 Å². The Kier molecular flexibility index (Phi) is 5.41. The van der Waals surface area contributed by atoms with E-state index in [4.69, 9.17) is 0 Å². The van der Waals surface area contributed by atoms with Crippen LogP contribution in [0.15, 0.2) is 29.2 Å². The van der Waals surface area contributed by atoms with Crippen molar-refractivity contribution in [2.75, 3.05) is 29.9 Å². The monoisotopic (exact) mass is 400 g/mol. The molecule has 1 aromatic carbocycles. The van der Waals surface area contributed by atoms with Crippen LogP contribution in [-0.4, -0.2) is 51.6 Å². The summed E-state index contributed by atoms with van der Waals surface area (Å²) in [6, 6.07) is 6.05. The zero-order valence-corrected chi connectivity index (χ0v) is 16.4. The number of anilines is 1. The van der Waals surface area contributed by atoms with Gasteiger partial charge in [-0.05, 0) is 49.4 Å². The van der Waals surface area contributed by atoms with Crippen molar-refractivity contribution in [3.05, 3.63) is 24.3 Å². The molecule has 1 atom stereocenters. The van der Waals surface area contributed by atoms with Gasteiger partial charge >= 0.3 is 0 Å². The zero-order valence-electron chi connectivity index (χ0n) is 14.7. The highest BCUT2D eigenvalue weighted by Gasteiger charge is 2.33. The summed E-state index contributed by atoms with van der Waals surface area (Å²) in [5, 5.41) is 2.67. The maximum absolute atomic E-state index is 12.7. The average molecular weight is 401 g/mol. The predicted octanol–water partition coefficient (Wildman–Crippen LogP) is 1.48. The van der Waals surface area contributed by atoms with Crippen LogP contribution >= 0.6 is 0 Å². The molecule has 0 unspecified atom stereocenters. The molecule has 0 bridgehead atoms. The van der Waals surface area contributed by atoms with E-state index >= 15 is 0 Å². The number of nitrogens with one attached hydrogen (secondary N) is 1. The van der Waals surface area contributed by atoms with E-state index in [0.29, 0.717) is 31.1 Å². The first-order valence-electron chi connectivity index (χ1n) is 8.79. The SMILES string of the molecule is CC1CCN(S(=O)(=O)c2ccc(NC(=O)[C@H]3CCS(=O)(=O)C3)cc2)CC1. The molecule has 1 amide bonds. The molecule has 2 heterocycles. The first-order chi connectivity index (χ1) is 12.2. The maximum atomic E-state index is 12.7. The number of hydrogen-bond donors (Lipinski definition) is 1. The van der Waals surface area contributed by atoms with Crippen LogP contribution in [0.25, 0.3) is 0 Å². The summed E-state index contributed by atoms with van der Waals surface area (Å²) < 4.78 is 49.8. The number of carbonyl (C=O) groups excluding carboxylic acids is 1. The average Bonchev–Trinajstić information content (AvgIpc) is 2.96. The van der Waals surface area contributed by atoms with Gasteiger partial charge in [-0.2, -0.15) is 4.31 Å². The van der Waals surface area contributed by atoms with E-state index in [1.54, 1.807) is 12.1 Å². The van der Waals surface area contributed by atoms with Gasteiger partial charge in [-0.1, -0.05) is 6.92 Å². The number of hydrogen-bond acceptors (Lipinski definition) is 5. The fourth-order valence-electron chi connectivity index (χ4n) is 3.33. The number of benzene rings is 1. The summed E-state index contributed by atoms with van der Waals surface area (Å²) in [5.74, 6) is -0.432. The second-order valence-electron chi connectivity index (χ2n) is 7.20. The van der Waals surface area contributed by atoms with E-state index in [9.17, 15) is 21.6 Å². The minimum atomic E-state index is -3.52. The van der Waals surface area contributed by atoms with Crippen LogP contribution in [-0.2, 0) is 24.7 Å². The first-order valence-corrected chi connectivity index (χ1v) is 12.0. The quantitative estimate of drug-likeness (QED) is 0.825. The van der Waals surface area contributed by atoms with Crippen molar-refractivity contribution in [1.29, 1.82) is 0 Å². The van der Waals surface area contributed by atoms with Gasteiger partial charge in [0.25, 0.3) is 0 Å². The second kappa shape index (κ2) is 7.28. The van der Waals surface area contributed by atoms with Crippen molar-refractivity contribution in [1.82, 2.24) is 4.31 Å². The van der Waals surface area contributed by atoms with Gasteiger partial charge in [0.2, 0.25) is 15.9 Å². The van der Waals surface area contributed by atoms with Crippen LogP contribution in [0, 0.1) is 11.8 Å². The second-order valence-corrected chi connectivity index (χ2v) is 11.4. The third-order valence-corrected chi connectivity index (χ3v) is 8.79. The number of sulfonamides is 1. The number of carbonyl (C=O) groups is 1. The molecule has 26 heavy (non-hydrogen) atoms. The predicted molar refractivity (Wildman–Crippen MR) is 99.0 cm³/mol. The molecular weight excluding hydrogens is 376 g/mol. The van der Waals surface area contributed by atoms with Gasteiger partial charge < -0.3 is 5.32 Å². The van der Waals surface area contributed by atoms with Gasteiger partial charge in [0.1, 0.15) is 0 Å². The lowest BCUT2D eigenvalue weighted by atomic mass is 10.0. The van der Waals surface area contributed by atoms with E-state index < -0.39 is 25.8 Å². The molecule has 1 N–H and O–H groups in total. The summed E-state index contributed by atoms with van der Waals surface area (Å²) in [5.41, 5.74) is 0.463. The summed E-state index contributed by atoms with van der Waals surface area (Å²) in [4.78, 5) is 12.4. The number of amides is 1. The molecule has 7 nitrogen and oxygen atoms in total. The molecule has 0 aromatic heterocycles. The van der Waals surface area contributed by atoms with Crippen molar-refractivity contribution in [3.63, 3.8) is 0 Å². The molecule has 1 aromatic rings. The normalized spacial score (nSPS) is 24.4. The molecule has 3 rings (SSSR count). The van der Waals surface area contributed by atoms with Crippen LogP contribution in [0.2, 0.25) is 0 Å². The third-order valence-electron chi connectivity index (χ3n) is 5.11. The molecule has 0 radical (unpaired) electrons. The Morgan fingerprint density at radius 2 is 1.73 bits per heavy atom. The Morgan fingerprint density at radius 1 is 1.12 bits per heavy atom. The number of nitrogens with zero attached hydrogens (tertiary/aromatic N) is 1. The molecule has 2 saturated heterocycles. The Hall–Kier alpha value is -1.45. The molecule has 0 saturated carbocycles. The molecule has 2 aliphatic heterocycles. The molecule has 0 spiro atoms. The zero-order chi connectivity index (χ0) is 18.9. The van der Waals surface area contributed by atoms with Crippen LogP contribution in [0.4, 0.5) is 5.69 Å². The fraction of sp³-hybridized carbons (Fsp3) is 0.588. The van der Waals surface area contributed by atoms with E-state index in [1.807, 2.05) is 0 Å². The fourth-order valence-corrected chi connectivity index (χ4v) is 6.54. The highest BCUT2D eigenvalue weighted by molar-refractivity contribution is 7.91. The van der Waals surface area contributed by atoms with Crippen molar-refractivity contribution >= 4 is 31.5 Å². The summed E-state index contributed by atoms with van der Waals surface area (Å²) in [6.45, 7) is 3.17. The van der Waals surface area contributed by atoms with Gasteiger partial charge in [-0.25, -0.2) is 16.8 Å². The van der Waals surface area contributed by atoms with Crippen molar-refractivity contribution in [2.45, 2.75) is 31.1 Å². The number of rotatable bonds is 4. The Balaban J connectivity index is 1.66. The van der Waals surface area contributed by atoms with Crippen molar-refractivity contribution < 1.29 is 21.6 Å². The highest BCUT2D eigenvalue weighted by Crippen LogP contribution is 2.25. The Labute approximate surface area is 154 Å². The summed E-state index contributed by atoms with van der Waals surface area (Å²) >= 11 is 0. The van der Waals surface area contributed by atoms with E-state index in [0.717, 1.165) is 12.8 Å². The molecular formula is C17H24N2O5S2. The van der Waals surface area contributed by atoms with Crippen LogP contribution in [0.3, 0.4) is 0 Å². The first kappa shape index (κ1) is 19.3. The minimum Gasteiger partial charge on any atom is -0.326 e. The molecule has 0 aliphatic carbocycles. The Bertz CT molecular complexity index is 870. The lowest BCUT2D eigenvalue weighted by molar-refractivity contribution is -0.119. The number of piperidine rings is 1. The van der Waals surface area contributed by atoms with Crippen molar-refractivity contribution in [2.24, 2.45) is 11.8 Å². The largest absolute Gasteiger partial charge is 0.326 e. The topological polar surface area (TPSA) is 101 Å². The Morgan fingerprint density at radius 3 is 2.27 bits per heavy atom. The minimum absolute atomic E-state index is 0.0384. The number of sulfone groups is 1. The molecule has 144 valence electrons. The summed E-state index contributed by atoms with van der Waals surface area (Å²) in [6.07, 6.45) is 2.04. The van der Waals surface area contributed by atoms with E-state index in [-0.39, 0.29) is 22.3 Å². The molecule has 2 aliphatic rings. The van der Waals surface area contributed by atoms with Gasteiger partial charge in [0.05, 0.1) is 22.3 Å². The summed E-state index contributed by atoms with van der Waals surface area (Å²) in [7, 11) is -6.64. The molecule has 9 heteroatoms. The van der Waals surface area contributed by atoms with Crippen LogP contribution < -0.4 is 5.32 Å².